The molecule has 0 unspecified atom stereocenters. The van der Waals surface area contributed by atoms with Crippen LogP contribution in [0.3, 0.4) is 0 Å². The zero-order valence-corrected chi connectivity index (χ0v) is 8.75. The molecule has 0 aliphatic heterocycles. The molecule has 1 aromatic rings. The van der Waals surface area contributed by atoms with Gasteiger partial charge in [-0.05, 0) is 19.1 Å². The monoisotopic (exact) mass is 236 g/mol. The van der Waals surface area contributed by atoms with Crippen LogP contribution < -0.4 is 0 Å². The average Bonchev–Trinajstić information content (AvgIpc) is 2.16. The van der Waals surface area contributed by atoms with Crippen molar-refractivity contribution in [2.24, 2.45) is 0 Å². The van der Waals surface area contributed by atoms with Crippen LogP contribution in [0, 0.1) is 0 Å². The fourth-order valence-corrected chi connectivity index (χ4v) is 1.82. The fourth-order valence-electron chi connectivity index (χ4n) is 0.833. The molecule has 15 heavy (non-hydrogen) atoms. The Morgan fingerprint density at radius 3 is 2.33 bits per heavy atom. The summed E-state index contributed by atoms with van der Waals surface area (Å²) >= 11 is 0. The Morgan fingerprint density at radius 2 is 1.87 bits per heavy atom. The van der Waals surface area contributed by atoms with E-state index in [2.05, 4.69) is 6.58 Å². The van der Waals surface area contributed by atoms with Crippen molar-refractivity contribution >= 4 is 39.7 Å². The maximum atomic E-state index is 11.5. The van der Waals surface area contributed by atoms with Crippen LogP contribution in [-0.2, 0) is 14.3 Å². The van der Waals surface area contributed by atoms with Crippen LogP contribution in [0.4, 0.5) is 0 Å². The molecule has 0 spiro atoms. The van der Waals surface area contributed by atoms with Crippen LogP contribution in [0.1, 0.15) is 6.92 Å². The summed E-state index contributed by atoms with van der Waals surface area (Å²) in [6.45, 7) is 5.30. The first kappa shape index (κ1) is 14.9. The van der Waals surface area contributed by atoms with E-state index in [1.165, 1.54) is 12.1 Å². The van der Waals surface area contributed by atoms with Crippen LogP contribution in [0.25, 0.3) is 0 Å². The van der Waals surface area contributed by atoms with Gasteiger partial charge in [-0.1, -0.05) is 30.4 Å². The quantitative estimate of drug-likeness (QED) is 0.450. The fraction of sp³-hybridized carbons (Fsp3) is 0.200. The predicted octanol–water partition coefficient (Wildman–Crippen LogP) is 1.32. The van der Waals surface area contributed by atoms with Gasteiger partial charge >= 0.3 is 29.6 Å². The summed E-state index contributed by atoms with van der Waals surface area (Å²) in [7, 11) is -3.62. The first-order valence-corrected chi connectivity index (χ1v) is 5.52. The molecule has 3 nitrogen and oxygen atoms in total. The molecule has 0 radical (unpaired) electrons. The minimum atomic E-state index is -3.62. The molecule has 0 fully saturated rings. The summed E-state index contributed by atoms with van der Waals surface area (Å²) in [5.41, 5.74) is 0.671. The first-order chi connectivity index (χ1) is 6.52. The van der Waals surface area contributed by atoms with Crippen molar-refractivity contribution in [3.05, 3.63) is 42.5 Å². The normalized spacial score (nSPS) is 10.5. The van der Waals surface area contributed by atoms with Crippen LogP contribution >= 0.6 is 0 Å². The summed E-state index contributed by atoms with van der Waals surface area (Å²) in [4.78, 5) is 0.168. The summed E-state index contributed by atoms with van der Waals surface area (Å²) < 4.78 is 27.7. The third-order valence-corrected chi connectivity index (χ3v) is 2.77. The number of rotatable bonds is 4. The van der Waals surface area contributed by atoms with Gasteiger partial charge in [-0.3, -0.25) is 4.18 Å². The van der Waals surface area contributed by atoms with E-state index in [0.29, 0.717) is 5.57 Å². The summed E-state index contributed by atoms with van der Waals surface area (Å²) in [5, 5.41) is 0. The molecular formula is C10H13NaO3S. The molecule has 0 amide bonds. The van der Waals surface area contributed by atoms with E-state index in [4.69, 9.17) is 4.18 Å². The Kier molecular flexibility index (Phi) is 6.40. The first-order valence-electron chi connectivity index (χ1n) is 4.11. The van der Waals surface area contributed by atoms with E-state index >= 15 is 0 Å². The van der Waals surface area contributed by atoms with E-state index in [0.717, 1.165) is 0 Å². The molecule has 0 aliphatic carbocycles. The van der Waals surface area contributed by atoms with E-state index in [1.54, 1.807) is 25.1 Å². The van der Waals surface area contributed by atoms with Gasteiger partial charge in [0, 0.05) is 0 Å². The molecule has 78 valence electrons. The van der Waals surface area contributed by atoms with Crippen molar-refractivity contribution < 1.29 is 12.6 Å². The van der Waals surface area contributed by atoms with Crippen LogP contribution in [0.2, 0.25) is 0 Å². The second-order valence-electron chi connectivity index (χ2n) is 2.99. The van der Waals surface area contributed by atoms with Gasteiger partial charge in [0.1, 0.15) is 0 Å². The number of hydrogen-bond acceptors (Lipinski definition) is 3. The minimum absolute atomic E-state index is 0. The molecular weight excluding hydrogens is 223 g/mol. The zero-order valence-electron chi connectivity index (χ0n) is 7.93. The molecule has 1 aromatic carbocycles. The molecule has 1 rings (SSSR count). The van der Waals surface area contributed by atoms with E-state index < -0.39 is 10.1 Å². The third kappa shape index (κ3) is 4.95. The van der Waals surface area contributed by atoms with Gasteiger partial charge in [0.05, 0.1) is 11.5 Å². The molecule has 5 heteroatoms. The van der Waals surface area contributed by atoms with Gasteiger partial charge in [-0.15, -0.1) is 0 Å². The molecule has 0 heterocycles. The summed E-state index contributed by atoms with van der Waals surface area (Å²) in [5.74, 6) is 0. The number of benzene rings is 1. The topological polar surface area (TPSA) is 43.4 Å². The molecule has 0 aliphatic rings. The Labute approximate surface area is 113 Å². The van der Waals surface area contributed by atoms with Gasteiger partial charge in [-0.25, -0.2) is 0 Å². The van der Waals surface area contributed by atoms with Crippen molar-refractivity contribution in [2.75, 3.05) is 6.61 Å². The van der Waals surface area contributed by atoms with Crippen molar-refractivity contribution in [2.45, 2.75) is 11.8 Å². The Morgan fingerprint density at radius 1 is 1.33 bits per heavy atom. The second-order valence-corrected chi connectivity index (χ2v) is 4.60. The molecule has 0 atom stereocenters. The Hall–Kier alpha value is -0.130. The van der Waals surface area contributed by atoms with Crippen LogP contribution in [0.15, 0.2) is 47.4 Å². The molecule has 0 saturated carbocycles. The molecule has 0 aromatic heterocycles. The van der Waals surface area contributed by atoms with E-state index in [-0.39, 0.29) is 41.1 Å². The van der Waals surface area contributed by atoms with Gasteiger partial charge < -0.3 is 0 Å². The molecule has 0 N–H and O–H groups in total. The second kappa shape index (κ2) is 6.45. The van der Waals surface area contributed by atoms with Crippen molar-refractivity contribution in [3.8, 4) is 0 Å². The van der Waals surface area contributed by atoms with Gasteiger partial charge in [-0.2, -0.15) is 8.42 Å². The van der Waals surface area contributed by atoms with Crippen molar-refractivity contribution in [1.29, 1.82) is 0 Å². The van der Waals surface area contributed by atoms with E-state index in [9.17, 15) is 8.42 Å². The molecule has 0 saturated heterocycles. The van der Waals surface area contributed by atoms with Crippen LogP contribution in [0.5, 0.6) is 0 Å². The summed E-state index contributed by atoms with van der Waals surface area (Å²) in [6.07, 6.45) is 0. The Bertz CT molecular complexity index is 412. The maximum absolute atomic E-state index is 11.5. The summed E-state index contributed by atoms with van der Waals surface area (Å²) in [6, 6.07) is 8.04. The predicted molar refractivity (Wildman–Crippen MR) is 61.5 cm³/mol. The van der Waals surface area contributed by atoms with E-state index in [1.807, 2.05) is 0 Å². The zero-order chi connectivity index (χ0) is 10.6. The van der Waals surface area contributed by atoms with Crippen LogP contribution in [-0.4, -0.2) is 44.6 Å². The van der Waals surface area contributed by atoms with Crippen molar-refractivity contribution in [3.63, 3.8) is 0 Å². The molecule has 0 bridgehead atoms. The van der Waals surface area contributed by atoms with Crippen molar-refractivity contribution in [1.82, 2.24) is 0 Å². The third-order valence-electron chi connectivity index (χ3n) is 1.49. The Balaban J connectivity index is 0.00000196. The number of hydrogen-bond donors (Lipinski definition) is 0. The van der Waals surface area contributed by atoms with Gasteiger partial charge in [0.15, 0.2) is 0 Å². The SMILES string of the molecule is C=C(C)COS(=O)(=O)c1ccccc1.[NaH]. The van der Waals surface area contributed by atoms with Gasteiger partial charge in [0.25, 0.3) is 10.1 Å². The van der Waals surface area contributed by atoms with Gasteiger partial charge in [0.2, 0.25) is 0 Å². The standard InChI is InChI=1S/C10H12O3S.Na.H/c1-9(2)8-13-14(11,12)10-6-4-3-5-7-10;;/h3-7H,1,8H2,2H3;;. The average molecular weight is 236 g/mol.